The van der Waals surface area contributed by atoms with Crippen LogP contribution in [0.2, 0.25) is 0 Å². The molecule has 0 aliphatic heterocycles. The molecule has 5 heteroatoms. The van der Waals surface area contributed by atoms with Crippen molar-refractivity contribution in [3.05, 3.63) is 40.2 Å². The van der Waals surface area contributed by atoms with Crippen LogP contribution in [0.15, 0.2) is 27.6 Å². The van der Waals surface area contributed by atoms with Gasteiger partial charge in [-0.05, 0) is 20.2 Å². The lowest BCUT2D eigenvalue weighted by Crippen LogP contribution is -2.18. The van der Waals surface area contributed by atoms with Gasteiger partial charge >= 0.3 is 0 Å². The Morgan fingerprint density at radius 1 is 1.47 bits per heavy atom. The van der Waals surface area contributed by atoms with Gasteiger partial charge in [0.2, 0.25) is 0 Å². The minimum absolute atomic E-state index is 0.771. The van der Waals surface area contributed by atoms with E-state index in [1.165, 1.54) is 5.56 Å². The molecule has 2 rings (SSSR count). The Balaban J connectivity index is 1.93. The summed E-state index contributed by atoms with van der Waals surface area (Å²) in [7, 11) is 4.01. The number of nitrogens with one attached hydrogen (secondary N) is 1. The van der Waals surface area contributed by atoms with E-state index in [1.807, 2.05) is 18.6 Å². The van der Waals surface area contributed by atoms with Crippen molar-refractivity contribution >= 4 is 11.3 Å². The number of nitrogens with zero attached hydrogens (tertiary/aromatic N) is 2. The summed E-state index contributed by atoms with van der Waals surface area (Å²) in [5, 5.41) is 5.19. The number of furan rings is 1. The first-order valence-corrected chi connectivity index (χ1v) is 6.49. The van der Waals surface area contributed by atoms with Gasteiger partial charge in [0.1, 0.15) is 5.76 Å². The highest BCUT2D eigenvalue weighted by Gasteiger charge is 2.09. The average Bonchev–Trinajstić information content (AvgIpc) is 2.92. The van der Waals surface area contributed by atoms with Crippen LogP contribution in [0.3, 0.4) is 0 Å². The molecule has 4 nitrogen and oxygen atoms in total. The van der Waals surface area contributed by atoms with Gasteiger partial charge in [-0.15, -0.1) is 11.3 Å². The van der Waals surface area contributed by atoms with E-state index >= 15 is 0 Å². The number of hydrogen-bond acceptors (Lipinski definition) is 5. The summed E-state index contributed by atoms with van der Waals surface area (Å²) in [5.41, 5.74) is 4.22. The van der Waals surface area contributed by atoms with Crippen LogP contribution in [-0.2, 0) is 19.6 Å². The molecule has 92 valence electrons. The molecule has 2 aromatic heterocycles. The summed E-state index contributed by atoms with van der Waals surface area (Å²) in [6.07, 6.45) is 1.75. The van der Waals surface area contributed by atoms with Gasteiger partial charge in [-0.2, -0.15) is 0 Å². The molecule has 0 spiro atoms. The molecule has 0 saturated heterocycles. The van der Waals surface area contributed by atoms with Crippen LogP contribution < -0.4 is 5.32 Å². The first-order valence-electron chi connectivity index (χ1n) is 5.55. The molecule has 0 aliphatic rings. The average molecular weight is 251 g/mol. The maximum Gasteiger partial charge on any atom is 0.122 e. The molecule has 2 heterocycles. The third-order valence-corrected chi connectivity index (χ3v) is 3.17. The summed E-state index contributed by atoms with van der Waals surface area (Å²) < 4.78 is 5.44. The van der Waals surface area contributed by atoms with Crippen molar-refractivity contribution in [3.63, 3.8) is 0 Å². The van der Waals surface area contributed by atoms with Crippen molar-refractivity contribution in [2.24, 2.45) is 0 Å². The quantitative estimate of drug-likeness (QED) is 0.853. The second-order valence-electron chi connectivity index (χ2n) is 4.05. The second kappa shape index (κ2) is 5.95. The fourth-order valence-electron chi connectivity index (χ4n) is 1.76. The van der Waals surface area contributed by atoms with E-state index in [9.17, 15) is 0 Å². The second-order valence-corrected chi connectivity index (χ2v) is 4.77. The fourth-order valence-corrected chi connectivity index (χ4v) is 2.31. The summed E-state index contributed by atoms with van der Waals surface area (Å²) in [4.78, 5) is 6.52. The maximum absolute atomic E-state index is 5.44. The highest BCUT2D eigenvalue weighted by Crippen LogP contribution is 2.14. The molecule has 0 aliphatic carbocycles. The van der Waals surface area contributed by atoms with Crippen LogP contribution in [0.5, 0.6) is 0 Å². The molecule has 0 amide bonds. The summed E-state index contributed by atoms with van der Waals surface area (Å²) in [6, 6.07) is 2.03. The van der Waals surface area contributed by atoms with Gasteiger partial charge in [0.25, 0.3) is 0 Å². The molecule has 0 aromatic carbocycles. The molecule has 0 unspecified atom stereocenters. The van der Waals surface area contributed by atoms with Crippen molar-refractivity contribution in [2.75, 3.05) is 14.1 Å². The Bertz CT molecular complexity index is 438. The number of aromatic nitrogens is 1. The number of rotatable bonds is 6. The van der Waals surface area contributed by atoms with Crippen molar-refractivity contribution in [1.29, 1.82) is 0 Å². The summed E-state index contributed by atoms with van der Waals surface area (Å²) >= 11 is 1.63. The van der Waals surface area contributed by atoms with E-state index < -0.39 is 0 Å². The van der Waals surface area contributed by atoms with Gasteiger partial charge in [-0.1, -0.05) is 0 Å². The molecular formula is C12H17N3OS. The van der Waals surface area contributed by atoms with Crippen LogP contribution in [0.4, 0.5) is 0 Å². The molecule has 0 atom stereocenters. The maximum atomic E-state index is 5.44. The van der Waals surface area contributed by atoms with Gasteiger partial charge in [0.15, 0.2) is 0 Å². The molecule has 2 aromatic rings. The van der Waals surface area contributed by atoms with Crippen LogP contribution in [0.1, 0.15) is 17.0 Å². The monoisotopic (exact) mass is 251 g/mol. The van der Waals surface area contributed by atoms with Gasteiger partial charge in [-0.25, -0.2) is 4.98 Å². The van der Waals surface area contributed by atoms with Crippen molar-refractivity contribution in [2.45, 2.75) is 19.6 Å². The SMILES string of the molecule is CNCc1occc1CN(C)Cc1cscn1. The van der Waals surface area contributed by atoms with Crippen molar-refractivity contribution in [3.8, 4) is 0 Å². The van der Waals surface area contributed by atoms with E-state index in [0.717, 1.165) is 31.1 Å². The third kappa shape index (κ3) is 3.39. The Labute approximate surface area is 105 Å². The highest BCUT2D eigenvalue weighted by molar-refractivity contribution is 7.07. The van der Waals surface area contributed by atoms with Crippen LogP contribution in [-0.4, -0.2) is 24.0 Å². The van der Waals surface area contributed by atoms with E-state index in [4.69, 9.17) is 4.42 Å². The molecule has 1 N–H and O–H groups in total. The van der Waals surface area contributed by atoms with E-state index in [0.29, 0.717) is 0 Å². The zero-order valence-electron chi connectivity index (χ0n) is 10.1. The van der Waals surface area contributed by atoms with Crippen molar-refractivity contribution in [1.82, 2.24) is 15.2 Å². The Hall–Kier alpha value is -1.17. The third-order valence-electron chi connectivity index (χ3n) is 2.53. The Kier molecular flexibility index (Phi) is 4.30. The fraction of sp³-hybridized carbons (Fsp3) is 0.417. The predicted octanol–water partition coefficient (Wildman–Crippen LogP) is 2.09. The lowest BCUT2D eigenvalue weighted by molar-refractivity contribution is 0.312. The Morgan fingerprint density at radius 3 is 3.06 bits per heavy atom. The van der Waals surface area contributed by atoms with E-state index in [-0.39, 0.29) is 0 Å². The largest absolute Gasteiger partial charge is 0.468 e. The molecule has 0 bridgehead atoms. The zero-order valence-corrected chi connectivity index (χ0v) is 11.0. The lowest BCUT2D eigenvalue weighted by atomic mass is 10.2. The molecule has 0 fully saturated rings. The van der Waals surface area contributed by atoms with Crippen LogP contribution >= 0.6 is 11.3 Å². The standard InChI is InChI=1S/C12H17N3OS/c1-13-5-12-10(3-4-16-12)6-15(2)7-11-8-17-9-14-11/h3-4,8-9,13H,5-7H2,1-2H3. The highest BCUT2D eigenvalue weighted by atomic mass is 32.1. The van der Waals surface area contributed by atoms with Gasteiger partial charge in [0.05, 0.1) is 24.0 Å². The smallest absolute Gasteiger partial charge is 0.122 e. The normalized spacial score (nSPS) is 11.2. The van der Waals surface area contributed by atoms with E-state index in [2.05, 4.69) is 27.6 Å². The summed E-state index contributed by atoms with van der Waals surface area (Å²) in [6.45, 7) is 2.52. The minimum atomic E-state index is 0.771. The van der Waals surface area contributed by atoms with Crippen molar-refractivity contribution < 1.29 is 4.42 Å². The number of thiazole rings is 1. The molecular weight excluding hydrogens is 234 g/mol. The van der Waals surface area contributed by atoms with Gasteiger partial charge in [0, 0.05) is 24.0 Å². The van der Waals surface area contributed by atoms with Gasteiger partial charge < -0.3 is 9.73 Å². The molecule has 17 heavy (non-hydrogen) atoms. The molecule has 0 saturated carbocycles. The van der Waals surface area contributed by atoms with Crippen LogP contribution in [0.25, 0.3) is 0 Å². The first-order chi connectivity index (χ1) is 8.29. The first kappa shape index (κ1) is 12.3. The Morgan fingerprint density at radius 2 is 2.35 bits per heavy atom. The molecule has 0 radical (unpaired) electrons. The van der Waals surface area contributed by atoms with Crippen LogP contribution in [0, 0.1) is 0 Å². The summed E-state index contributed by atoms with van der Waals surface area (Å²) in [5.74, 6) is 1.01. The topological polar surface area (TPSA) is 41.3 Å². The van der Waals surface area contributed by atoms with Gasteiger partial charge in [-0.3, -0.25) is 4.90 Å². The minimum Gasteiger partial charge on any atom is -0.468 e. The predicted molar refractivity (Wildman–Crippen MR) is 68.8 cm³/mol. The number of hydrogen-bond donors (Lipinski definition) is 1. The lowest BCUT2D eigenvalue weighted by Gasteiger charge is -2.15. The zero-order chi connectivity index (χ0) is 12.1. The van der Waals surface area contributed by atoms with E-state index in [1.54, 1.807) is 17.6 Å².